The lowest BCUT2D eigenvalue weighted by Gasteiger charge is -2.29. The molecule has 0 heterocycles. The highest BCUT2D eigenvalue weighted by Gasteiger charge is 2.40. The van der Waals surface area contributed by atoms with Gasteiger partial charge in [0.2, 0.25) is 5.91 Å². The molecule has 3 rings (SSSR count). The Kier molecular flexibility index (Phi) is 3.79. The fourth-order valence-electron chi connectivity index (χ4n) is 4.08. The molecule has 2 saturated carbocycles. The summed E-state index contributed by atoms with van der Waals surface area (Å²) >= 11 is 0. The SMILES string of the molecule is CN(CC1CC2CCC1C2)C(=O)[C@H](N)c1ccccc1. The van der Waals surface area contributed by atoms with Crippen LogP contribution in [0.25, 0.3) is 0 Å². The standard InChI is InChI=1S/C17H24N2O/c1-19(11-15-10-12-7-8-14(15)9-12)17(20)16(18)13-5-3-2-4-6-13/h2-6,12,14-16H,7-11,18H2,1H3/t12?,14?,15?,16-/m1/s1. The van der Waals surface area contributed by atoms with Crippen molar-refractivity contribution in [2.24, 2.45) is 23.5 Å². The lowest BCUT2D eigenvalue weighted by molar-refractivity contribution is -0.132. The molecule has 2 aliphatic carbocycles. The molecule has 3 heteroatoms. The third kappa shape index (κ3) is 2.59. The van der Waals surface area contributed by atoms with E-state index >= 15 is 0 Å². The van der Waals surface area contributed by atoms with Crippen molar-refractivity contribution in [1.29, 1.82) is 0 Å². The van der Waals surface area contributed by atoms with Crippen LogP contribution in [0.2, 0.25) is 0 Å². The number of carbonyl (C=O) groups excluding carboxylic acids is 1. The average Bonchev–Trinajstić information content (AvgIpc) is 3.09. The molecule has 3 nitrogen and oxygen atoms in total. The zero-order valence-corrected chi connectivity index (χ0v) is 12.2. The van der Waals surface area contributed by atoms with Crippen LogP contribution in [0, 0.1) is 17.8 Å². The van der Waals surface area contributed by atoms with Crippen LogP contribution >= 0.6 is 0 Å². The number of hydrogen-bond donors (Lipinski definition) is 1. The molecule has 1 aromatic rings. The molecule has 0 spiro atoms. The second-order valence-electron chi connectivity index (χ2n) is 6.54. The maximum Gasteiger partial charge on any atom is 0.243 e. The van der Waals surface area contributed by atoms with E-state index in [9.17, 15) is 4.79 Å². The fraction of sp³-hybridized carbons (Fsp3) is 0.588. The summed E-state index contributed by atoms with van der Waals surface area (Å²) in [5.41, 5.74) is 7.00. The van der Waals surface area contributed by atoms with E-state index in [1.807, 2.05) is 42.3 Å². The molecule has 2 N–H and O–H groups in total. The van der Waals surface area contributed by atoms with Crippen molar-refractivity contribution in [3.8, 4) is 0 Å². The summed E-state index contributed by atoms with van der Waals surface area (Å²) in [7, 11) is 1.90. The van der Waals surface area contributed by atoms with Crippen LogP contribution in [0.5, 0.6) is 0 Å². The van der Waals surface area contributed by atoms with Crippen LogP contribution in [0.4, 0.5) is 0 Å². The number of fused-ring (bicyclic) bond motifs is 2. The number of nitrogens with two attached hydrogens (primary N) is 1. The first-order chi connectivity index (χ1) is 9.65. The van der Waals surface area contributed by atoms with E-state index in [2.05, 4.69) is 0 Å². The molecular formula is C17H24N2O. The van der Waals surface area contributed by atoms with Crippen molar-refractivity contribution in [3.63, 3.8) is 0 Å². The van der Waals surface area contributed by atoms with E-state index in [0.29, 0.717) is 5.92 Å². The number of hydrogen-bond acceptors (Lipinski definition) is 2. The van der Waals surface area contributed by atoms with E-state index in [1.165, 1.54) is 25.7 Å². The number of nitrogens with zero attached hydrogens (tertiary/aromatic N) is 1. The van der Waals surface area contributed by atoms with Crippen molar-refractivity contribution in [2.75, 3.05) is 13.6 Å². The molecule has 2 aliphatic rings. The Labute approximate surface area is 121 Å². The summed E-state index contributed by atoms with van der Waals surface area (Å²) in [6.45, 7) is 0.876. The molecule has 0 radical (unpaired) electrons. The van der Waals surface area contributed by atoms with Gasteiger partial charge >= 0.3 is 0 Å². The molecule has 2 fully saturated rings. The Morgan fingerprint density at radius 1 is 1.30 bits per heavy atom. The van der Waals surface area contributed by atoms with E-state index in [1.54, 1.807) is 0 Å². The molecule has 20 heavy (non-hydrogen) atoms. The molecule has 1 amide bonds. The van der Waals surface area contributed by atoms with Crippen LogP contribution in [-0.4, -0.2) is 24.4 Å². The monoisotopic (exact) mass is 272 g/mol. The Hall–Kier alpha value is -1.35. The Morgan fingerprint density at radius 2 is 2.05 bits per heavy atom. The number of carbonyl (C=O) groups is 1. The molecule has 0 saturated heterocycles. The molecular weight excluding hydrogens is 248 g/mol. The highest BCUT2D eigenvalue weighted by molar-refractivity contribution is 5.82. The first-order valence-electron chi connectivity index (χ1n) is 7.70. The van der Waals surface area contributed by atoms with Gasteiger partial charge in [0.25, 0.3) is 0 Å². The van der Waals surface area contributed by atoms with Gasteiger partial charge in [-0.3, -0.25) is 4.79 Å². The Bertz CT molecular complexity index is 473. The predicted octanol–water partition coefficient (Wildman–Crippen LogP) is 2.58. The number of benzene rings is 1. The molecule has 4 atom stereocenters. The Balaban J connectivity index is 1.59. The quantitative estimate of drug-likeness (QED) is 0.915. The van der Waals surface area contributed by atoms with Crippen molar-refractivity contribution in [3.05, 3.63) is 35.9 Å². The normalized spacial score (nSPS) is 29.4. The highest BCUT2D eigenvalue weighted by atomic mass is 16.2. The van der Waals surface area contributed by atoms with Crippen LogP contribution in [0.3, 0.4) is 0 Å². The summed E-state index contributed by atoms with van der Waals surface area (Å²) in [6, 6.07) is 9.12. The molecule has 0 aliphatic heterocycles. The number of amides is 1. The summed E-state index contributed by atoms with van der Waals surface area (Å²) in [5.74, 6) is 2.52. The summed E-state index contributed by atoms with van der Waals surface area (Å²) in [6.07, 6.45) is 5.46. The van der Waals surface area contributed by atoms with Crippen molar-refractivity contribution >= 4 is 5.91 Å². The van der Waals surface area contributed by atoms with Gasteiger partial charge in [-0.15, -0.1) is 0 Å². The van der Waals surface area contributed by atoms with Crippen LogP contribution in [0.15, 0.2) is 30.3 Å². The van der Waals surface area contributed by atoms with Gasteiger partial charge in [-0.25, -0.2) is 0 Å². The summed E-state index contributed by atoms with van der Waals surface area (Å²) in [5, 5.41) is 0. The van der Waals surface area contributed by atoms with Crippen molar-refractivity contribution < 1.29 is 4.79 Å². The van der Waals surface area contributed by atoms with Crippen molar-refractivity contribution in [2.45, 2.75) is 31.7 Å². The zero-order valence-electron chi connectivity index (χ0n) is 12.2. The molecule has 2 bridgehead atoms. The first kappa shape index (κ1) is 13.6. The third-order valence-electron chi connectivity index (χ3n) is 5.19. The third-order valence-corrected chi connectivity index (χ3v) is 5.19. The van der Waals surface area contributed by atoms with Gasteiger partial charge in [0.15, 0.2) is 0 Å². The van der Waals surface area contributed by atoms with Gasteiger partial charge in [-0.1, -0.05) is 36.8 Å². The van der Waals surface area contributed by atoms with Gasteiger partial charge < -0.3 is 10.6 Å². The van der Waals surface area contributed by atoms with Gasteiger partial charge in [0.05, 0.1) is 0 Å². The summed E-state index contributed by atoms with van der Waals surface area (Å²) in [4.78, 5) is 14.3. The molecule has 1 aromatic carbocycles. The first-order valence-corrected chi connectivity index (χ1v) is 7.70. The van der Waals surface area contributed by atoms with Crippen LogP contribution in [0.1, 0.15) is 37.3 Å². The predicted molar refractivity (Wildman–Crippen MR) is 79.9 cm³/mol. The van der Waals surface area contributed by atoms with E-state index in [-0.39, 0.29) is 5.91 Å². The van der Waals surface area contributed by atoms with Gasteiger partial charge in [0.1, 0.15) is 6.04 Å². The van der Waals surface area contributed by atoms with Gasteiger partial charge in [0, 0.05) is 13.6 Å². The molecule has 0 aromatic heterocycles. The van der Waals surface area contributed by atoms with E-state index in [4.69, 9.17) is 5.73 Å². The molecule has 108 valence electrons. The lowest BCUT2D eigenvalue weighted by atomic mass is 9.88. The minimum atomic E-state index is -0.528. The minimum absolute atomic E-state index is 0.0407. The average molecular weight is 272 g/mol. The van der Waals surface area contributed by atoms with Gasteiger partial charge in [-0.2, -0.15) is 0 Å². The van der Waals surface area contributed by atoms with Gasteiger partial charge in [-0.05, 0) is 42.6 Å². The topological polar surface area (TPSA) is 46.3 Å². The zero-order chi connectivity index (χ0) is 14.1. The second-order valence-corrected chi connectivity index (χ2v) is 6.54. The lowest BCUT2D eigenvalue weighted by Crippen LogP contribution is -2.39. The number of rotatable bonds is 4. The highest BCUT2D eigenvalue weighted by Crippen LogP contribution is 2.48. The largest absolute Gasteiger partial charge is 0.344 e. The smallest absolute Gasteiger partial charge is 0.243 e. The summed E-state index contributed by atoms with van der Waals surface area (Å²) < 4.78 is 0. The minimum Gasteiger partial charge on any atom is -0.344 e. The van der Waals surface area contributed by atoms with Crippen LogP contribution < -0.4 is 5.73 Å². The Morgan fingerprint density at radius 3 is 2.65 bits per heavy atom. The number of likely N-dealkylation sites (N-methyl/N-ethyl adjacent to an activating group) is 1. The van der Waals surface area contributed by atoms with Crippen LogP contribution in [-0.2, 0) is 4.79 Å². The molecule has 3 unspecified atom stereocenters. The maximum absolute atomic E-state index is 12.4. The van der Waals surface area contributed by atoms with Crippen molar-refractivity contribution in [1.82, 2.24) is 4.90 Å². The fourth-order valence-corrected chi connectivity index (χ4v) is 4.08. The second kappa shape index (κ2) is 5.57. The van der Waals surface area contributed by atoms with E-state index in [0.717, 1.165) is 23.9 Å². The maximum atomic E-state index is 12.4. The van der Waals surface area contributed by atoms with E-state index < -0.39 is 6.04 Å².